The van der Waals surface area contributed by atoms with Gasteiger partial charge in [-0.25, -0.2) is 14.5 Å². The topological polar surface area (TPSA) is 145 Å². The highest BCUT2D eigenvalue weighted by atomic mass is 31.2. The van der Waals surface area contributed by atoms with Crippen LogP contribution in [0.2, 0.25) is 0 Å². The fourth-order valence-corrected chi connectivity index (χ4v) is 7.05. The second-order valence-electron chi connectivity index (χ2n) is 15.0. The Morgan fingerprint density at radius 3 is 2.34 bits per heavy atom. The first-order valence-electron chi connectivity index (χ1n) is 18.6. The van der Waals surface area contributed by atoms with Gasteiger partial charge in [-0.15, -0.1) is 0 Å². The molecule has 1 aliphatic heterocycles. The summed E-state index contributed by atoms with van der Waals surface area (Å²) in [4.78, 5) is 24.9. The number of aromatic nitrogens is 4. The minimum Gasteiger partial charge on any atom is -0.492 e. The number of rotatable bonds is 12. The fourth-order valence-electron chi connectivity index (χ4n) is 6.18. The van der Waals surface area contributed by atoms with Crippen LogP contribution in [-0.4, -0.2) is 83.5 Å². The summed E-state index contributed by atoms with van der Waals surface area (Å²) in [5.41, 5.74) is 2.68. The number of morpholine rings is 1. The number of carbonyl (C=O) groups excluding carboxylic acids is 1. The molecule has 14 heteroatoms. The molecular formula is C42H47N8O5P. The van der Waals surface area contributed by atoms with Gasteiger partial charge >= 0.3 is 6.03 Å². The number of carbonyl (C=O) groups is 1. The summed E-state index contributed by atoms with van der Waals surface area (Å²) >= 11 is 0. The number of amides is 2. The molecule has 0 radical (unpaired) electrons. The molecule has 0 saturated carbocycles. The maximum atomic E-state index is 13.6. The van der Waals surface area contributed by atoms with Crippen molar-refractivity contribution in [1.82, 2.24) is 24.6 Å². The number of ether oxygens (including phenoxy) is 3. The van der Waals surface area contributed by atoms with Crippen molar-refractivity contribution in [2.24, 2.45) is 0 Å². The van der Waals surface area contributed by atoms with Gasteiger partial charge in [0.15, 0.2) is 0 Å². The van der Waals surface area contributed by atoms with Crippen molar-refractivity contribution in [2.45, 2.75) is 26.2 Å². The Labute approximate surface area is 326 Å². The summed E-state index contributed by atoms with van der Waals surface area (Å²) in [6.45, 7) is 14.6. The summed E-state index contributed by atoms with van der Waals surface area (Å²) in [6.07, 6.45) is 1.63. The summed E-state index contributed by atoms with van der Waals surface area (Å²) in [6, 6.07) is 29.5. The minimum absolute atomic E-state index is 0.266. The van der Waals surface area contributed by atoms with Gasteiger partial charge in [0.2, 0.25) is 11.8 Å². The van der Waals surface area contributed by atoms with Gasteiger partial charge in [-0.3, -0.25) is 10.2 Å². The van der Waals surface area contributed by atoms with Crippen molar-refractivity contribution >= 4 is 52.4 Å². The lowest BCUT2D eigenvalue weighted by atomic mass is 9.92. The maximum Gasteiger partial charge on any atom is 0.324 e. The quantitative estimate of drug-likeness (QED) is 0.104. The van der Waals surface area contributed by atoms with Crippen LogP contribution in [0.3, 0.4) is 0 Å². The largest absolute Gasteiger partial charge is 0.492 e. The number of hydrogen-bond donors (Lipinski definition) is 3. The highest BCUT2D eigenvalue weighted by Gasteiger charge is 2.22. The Morgan fingerprint density at radius 2 is 1.62 bits per heavy atom. The molecule has 0 bridgehead atoms. The normalized spacial score (nSPS) is 13.7. The standard InChI is InChI=1S/C42H47N8O5P/c1-42(2,3)37-28-38(50(48-37)30-12-16-32(17-13-30)56(4,5)52)46-41(51)45-35-18-19-36(34-9-7-6-8-33(34)35)55-39-20-21-43-40(47-39)44-29-10-14-31(15-11-29)54-27-24-49-22-25-53-26-23-49/h6-21,28H,22-27H2,1-5H3,(H,43,44,47)(H2,45,46,51). The van der Waals surface area contributed by atoms with E-state index in [1.165, 1.54) is 0 Å². The predicted molar refractivity (Wildman–Crippen MR) is 223 cm³/mol. The second-order valence-corrected chi connectivity index (χ2v) is 18.2. The average Bonchev–Trinajstić information content (AvgIpc) is 3.61. The van der Waals surface area contributed by atoms with Crippen LogP contribution >= 0.6 is 7.14 Å². The van der Waals surface area contributed by atoms with E-state index in [0.29, 0.717) is 35.7 Å². The first-order valence-corrected chi connectivity index (χ1v) is 21.2. The van der Waals surface area contributed by atoms with Crippen molar-refractivity contribution < 1.29 is 23.6 Å². The van der Waals surface area contributed by atoms with E-state index in [1.807, 2.05) is 78.9 Å². The number of nitrogens with one attached hydrogen (secondary N) is 3. The minimum atomic E-state index is -2.43. The van der Waals surface area contributed by atoms with Crippen LogP contribution in [0.5, 0.6) is 17.4 Å². The van der Waals surface area contributed by atoms with Crippen LogP contribution in [0.25, 0.3) is 16.5 Å². The molecular weight excluding hydrogens is 727 g/mol. The molecule has 1 aliphatic rings. The second kappa shape index (κ2) is 16.5. The summed E-state index contributed by atoms with van der Waals surface area (Å²) in [7, 11) is -2.43. The monoisotopic (exact) mass is 774 g/mol. The van der Waals surface area contributed by atoms with Gasteiger partial charge in [0.25, 0.3) is 0 Å². The third-order valence-electron chi connectivity index (χ3n) is 9.30. The van der Waals surface area contributed by atoms with Crippen LogP contribution in [0.1, 0.15) is 26.5 Å². The van der Waals surface area contributed by atoms with Gasteiger partial charge < -0.3 is 29.4 Å². The van der Waals surface area contributed by atoms with Gasteiger partial charge in [0.05, 0.1) is 30.3 Å². The van der Waals surface area contributed by atoms with E-state index in [9.17, 15) is 9.36 Å². The molecule has 1 fully saturated rings. The Hall–Kier alpha value is -5.75. The molecule has 4 aromatic carbocycles. The van der Waals surface area contributed by atoms with Gasteiger partial charge in [-0.1, -0.05) is 45.0 Å². The fraction of sp³-hybridized carbons (Fsp3) is 0.286. The lowest BCUT2D eigenvalue weighted by Gasteiger charge is -2.26. The van der Waals surface area contributed by atoms with Crippen LogP contribution in [0.15, 0.2) is 103 Å². The summed E-state index contributed by atoms with van der Waals surface area (Å²) < 4.78 is 31.9. The molecule has 13 nitrogen and oxygen atoms in total. The molecule has 6 aromatic rings. The van der Waals surface area contributed by atoms with E-state index in [0.717, 1.165) is 71.7 Å². The van der Waals surface area contributed by atoms with Gasteiger partial charge in [0, 0.05) is 65.1 Å². The van der Waals surface area contributed by atoms with E-state index >= 15 is 0 Å². The Balaban J connectivity index is 1.02. The molecule has 3 heterocycles. The first-order chi connectivity index (χ1) is 26.9. The number of fused-ring (bicyclic) bond motifs is 1. The summed E-state index contributed by atoms with van der Waals surface area (Å²) in [5.74, 6) is 2.58. The zero-order valence-electron chi connectivity index (χ0n) is 32.3. The molecule has 0 unspecified atom stereocenters. The van der Waals surface area contributed by atoms with Crippen molar-refractivity contribution in [3.8, 4) is 23.1 Å². The lowest BCUT2D eigenvalue weighted by molar-refractivity contribution is 0.0322. The van der Waals surface area contributed by atoms with Crippen molar-refractivity contribution in [3.63, 3.8) is 0 Å². The maximum absolute atomic E-state index is 13.6. The third kappa shape index (κ3) is 9.54. The molecule has 2 aromatic heterocycles. The zero-order chi connectivity index (χ0) is 39.3. The SMILES string of the molecule is CC(C)(C)c1cc(NC(=O)Nc2ccc(Oc3ccnc(Nc4ccc(OCCN5CCOCC5)cc4)n3)c3ccccc23)n(-c2ccc(P(C)(C)=O)cc2)n1. The van der Waals surface area contributed by atoms with E-state index in [2.05, 4.69) is 51.6 Å². The van der Waals surface area contributed by atoms with Gasteiger partial charge in [0.1, 0.15) is 31.1 Å². The smallest absolute Gasteiger partial charge is 0.324 e. The molecule has 7 rings (SSSR count). The number of anilines is 4. The van der Waals surface area contributed by atoms with Crippen LogP contribution in [0, 0.1) is 0 Å². The van der Waals surface area contributed by atoms with E-state index in [-0.39, 0.29) is 5.41 Å². The molecule has 0 spiro atoms. The van der Waals surface area contributed by atoms with Crippen molar-refractivity contribution in [1.29, 1.82) is 0 Å². The Kier molecular flexibility index (Phi) is 11.4. The van der Waals surface area contributed by atoms with E-state index < -0.39 is 13.2 Å². The highest BCUT2D eigenvalue weighted by molar-refractivity contribution is 7.70. The predicted octanol–water partition coefficient (Wildman–Crippen LogP) is 8.25. The van der Waals surface area contributed by atoms with Crippen molar-refractivity contribution in [3.05, 3.63) is 109 Å². The van der Waals surface area contributed by atoms with E-state index in [1.54, 1.807) is 42.4 Å². The molecule has 56 heavy (non-hydrogen) atoms. The Bertz CT molecular complexity index is 2350. The number of urea groups is 1. The number of nitrogens with zero attached hydrogens (tertiary/aromatic N) is 5. The van der Waals surface area contributed by atoms with Crippen molar-refractivity contribution in [2.75, 3.05) is 68.7 Å². The van der Waals surface area contributed by atoms with Crippen LogP contribution < -0.4 is 30.7 Å². The molecule has 0 atom stereocenters. The molecule has 1 saturated heterocycles. The zero-order valence-corrected chi connectivity index (χ0v) is 33.2. The highest BCUT2D eigenvalue weighted by Crippen LogP contribution is 2.36. The summed E-state index contributed by atoms with van der Waals surface area (Å²) in [5, 5.41) is 16.4. The first kappa shape index (κ1) is 38.5. The van der Waals surface area contributed by atoms with Crippen LogP contribution in [0.4, 0.5) is 27.9 Å². The lowest BCUT2D eigenvalue weighted by Crippen LogP contribution is -2.38. The molecule has 3 N–H and O–H groups in total. The van der Waals surface area contributed by atoms with Gasteiger partial charge in [-0.05, 0) is 74.0 Å². The number of hydrogen-bond acceptors (Lipinski definition) is 10. The third-order valence-corrected chi connectivity index (χ3v) is 10.8. The molecule has 2 amide bonds. The van der Waals surface area contributed by atoms with Crippen LogP contribution in [-0.2, 0) is 14.7 Å². The van der Waals surface area contributed by atoms with Gasteiger partial charge in [-0.2, -0.15) is 10.1 Å². The number of benzene rings is 4. The van der Waals surface area contributed by atoms with E-state index in [4.69, 9.17) is 19.3 Å². The average molecular weight is 775 g/mol. The Morgan fingerprint density at radius 1 is 0.893 bits per heavy atom. The molecule has 290 valence electrons. The molecule has 0 aliphatic carbocycles.